The van der Waals surface area contributed by atoms with E-state index in [9.17, 15) is 0 Å². The van der Waals surface area contributed by atoms with Gasteiger partial charge < -0.3 is 10.1 Å². The number of fused-ring (bicyclic) bond motifs is 1. The van der Waals surface area contributed by atoms with E-state index >= 15 is 0 Å². The van der Waals surface area contributed by atoms with Gasteiger partial charge in [0, 0.05) is 28.5 Å². The van der Waals surface area contributed by atoms with E-state index in [1.807, 2.05) is 6.07 Å². The molecule has 1 unspecified atom stereocenters. The van der Waals surface area contributed by atoms with Crippen molar-refractivity contribution >= 4 is 15.9 Å². The predicted octanol–water partition coefficient (Wildman–Crippen LogP) is 4.30. The zero-order valence-corrected chi connectivity index (χ0v) is 13.7. The average Bonchev–Trinajstić information content (AvgIpc) is 2.72. The Bertz CT molecular complexity index is 495. The van der Waals surface area contributed by atoms with Crippen molar-refractivity contribution in [2.75, 3.05) is 6.61 Å². The van der Waals surface area contributed by atoms with Gasteiger partial charge in [-0.25, -0.2) is 0 Å². The smallest absolute Gasteiger partial charge is 0.124 e. The van der Waals surface area contributed by atoms with E-state index in [-0.39, 0.29) is 0 Å². The largest absolute Gasteiger partial charge is 0.493 e. The summed E-state index contributed by atoms with van der Waals surface area (Å²) in [6, 6.07) is 7.29. The Morgan fingerprint density at radius 1 is 1.21 bits per heavy atom. The predicted molar refractivity (Wildman–Crippen MR) is 81.5 cm³/mol. The van der Waals surface area contributed by atoms with Crippen LogP contribution in [0.1, 0.15) is 45.7 Å². The van der Waals surface area contributed by atoms with Crippen molar-refractivity contribution in [3.63, 3.8) is 0 Å². The molecular formula is C16H22BrNO. The highest BCUT2D eigenvalue weighted by Crippen LogP contribution is 2.63. The van der Waals surface area contributed by atoms with Gasteiger partial charge in [-0.15, -0.1) is 0 Å². The molecule has 1 aromatic rings. The summed E-state index contributed by atoms with van der Waals surface area (Å²) in [5.74, 6) is 1.03. The molecule has 0 spiro atoms. The minimum Gasteiger partial charge on any atom is -0.493 e. The zero-order valence-electron chi connectivity index (χ0n) is 12.1. The summed E-state index contributed by atoms with van der Waals surface area (Å²) in [6.07, 6.45) is 1.05. The maximum absolute atomic E-state index is 5.75. The Morgan fingerprint density at radius 2 is 1.89 bits per heavy atom. The maximum atomic E-state index is 5.75. The van der Waals surface area contributed by atoms with Gasteiger partial charge in [-0.1, -0.05) is 43.6 Å². The SMILES string of the molecule is CC1(C)C(NC2CCOc3ccc(Br)cc32)C1(C)C. The summed E-state index contributed by atoms with van der Waals surface area (Å²) in [6.45, 7) is 10.2. The Morgan fingerprint density at radius 3 is 2.53 bits per heavy atom. The van der Waals surface area contributed by atoms with Gasteiger partial charge in [0.15, 0.2) is 0 Å². The summed E-state index contributed by atoms with van der Waals surface area (Å²) in [5, 5.41) is 3.86. The highest BCUT2D eigenvalue weighted by atomic mass is 79.9. The molecule has 0 amide bonds. The number of benzene rings is 1. The molecule has 104 valence electrons. The number of rotatable bonds is 2. The molecule has 0 aromatic heterocycles. The van der Waals surface area contributed by atoms with Crippen molar-refractivity contribution in [2.45, 2.75) is 46.2 Å². The van der Waals surface area contributed by atoms with Crippen molar-refractivity contribution in [3.8, 4) is 5.75 Å². The van der Waals surface area contributed by atoms with Crippen LogP contribution in [-0.4, -0.2) is 12.6 Å². The number of hydrogen-bond acceptors (Lipinski definition) is 2. The molecule has 1 N–H and O–H groups in total. The molecule has 0 radical (unpaired) electrons. The molecule has 1 atom stereocenters. The Kier molecular flexibility index (Phi) is 2.99. The van der Waals surface area contributed by atoms with E-state index in [4.69, 9.17) is 4.74 Å². The lowest BCUT2D eigenvalue weighted by molar-refractivity contribution is 0.247. The summed E-state index contributed by atoms with van der Waals surface area (Å²) >= 11 is 3.56. The third-order valence-corrected chi connectivity index (χ3v) is 5.89. The topological polar surface area (TPSA) is 21.3 Å². The molecule has 3 heteroatoms. The summed E-state index contributed by atoms with van der Waals surface area (Å²) < 4.78 is 6.88. The molecule has 1 aliphatic carbocycles. The lowest BCUT2D eigenvalue weighted by Gasteiger charge is -2.28. The van der Waals surface area contributed by atoms with E-state index in [1.165, 1.54) is 5.56 Å². The molecule has 1 aliphatic heterocycles. The number of halogens is 1. The normalized spacial score (nSPS) is 27.5. The van der Waals surface area contributed by atoms with E-state index in [0.717, 1.165) is 23.2 Å². The van der Waals surface area contributed by atoms with Crippen LogP contribution >= 0.6 is 15.9 Å². The standard InChI is InChI=1S/C16H22BrNO/c1-15(2)14(16(15,3)4)18-12-7-8-19-13-6-5-10(17)9-11(12)13/h5-6,9,12,14,18H,7-8H2,1-4H3. The van der Waals surface area contributed by atoms with Gasteiger partial charge in [-0.05, 0) is 29.0 Å². The van der Waals surface area contributed by atoms with Gasteiger partial charge in [0.05, 0.1) is 6.61 Å². The van der Waals surface area contributed by atoms with Crippen LogP contribution in [0.25, 0.3) is 0 Å². The Hall–Kier alpha value is -0.540. The molecular weight excluding hydrogens is 302 g/mol. The van der Waals surface area contributed by atoms with Crippen LogP contribution in [-0.2, 0) is 0 Å². The summed E-state index contributed by atoms with van der Waals surface area (Å²) in [5.41, 5.74) is 2.04. The van der Waals surface area contributed by atoms with E-state index < -0.39 is 0 Å². The van der Waals surface area contributed by atoms with Gasteiger partial charge in [0.25, 0.3) is 0 Å². The second-order valence-electron chi connectivity index (χ2n) is 6.91. The fourth-order valence-electron chi connectivity index (χ4n) is 3.35. The third kappa shape index (κ3) is 2.02. The molecule has 1 fully saturated rings. The van der Waals surface area contributed by atoms with Crippen LogP contribution < -0.4 is 10.1 Å². The minimum absolute atomic E-state index is 0.373. The van der Waals surface area contributed by atoms with Crippen molar-refractivity contribution < 1.29 is 4.74 Å². The van der Waals surface area contributed by atoms with Gasteiger partial charge in [-0.3, -0.25) is 0 Å². The quantitative estimate of drug-likeness (QED) is 0.876. The van der Waals surface area contributed by atoms with Crippen molar-refractivity contribution in [3.05, 3.63) is 28.2 Å². The number of nitrogens with one attached hydrogen (secondary N) is 1. The summed E-state index contributed by atoms with van der Waals surface area (Å²) in [7, 11) is 0. The van der Waals surface area contributed by atoms with Gasteiger partial charge in [0.2, 0.25) is 0 Å². The van der Waals surface area contributed by atoms with Crippen molar-refractivity contribution in [1.29, 1.82) is 0 Å². The first-order valence-electron chi connectivity index (χ1n) is 7.02. The second-order valence-corrected chi connectivity index (χ2v) is 7.83. The fraction of sp³-hybridized carbons (Fsp3) is 0.625. The molecule has 1 saturated carbocycles. The van der Waals surface area contributed by atoms with E-state index in [2.05, 4.69) is 61.1 Å². The first kappa shape index (κ1) is 13.4. The molecule has 1 heterocycles. The molecule has 3 rings (SSSR count). The monoisotopic (exact) mass is 323 g/mol. The van der Waals surface area contributed by atoms with E-state index in [0.29, 0.717) is 22.9 Å². The highest BCUT2D eigenvalue weighted by molar-refractivity contribution is 9.10. The molecule has 0 saturated heterocycles. The van der Waals surface area contributed by atoms with Crippen molar-refractivity contribution in [2.24, 2.45) is 10.8 Å². The van der Waals surface area contributed by atoms with Crippen LogP contribution in [0.3, 0.4) is 0 Å². The van der Waals surface area contributed by atoms with E-state index in [1.54, 1.807) is 0 Å². The molecule has 1 aromatic carbocycles. The van der Waals surface area contributed by atoms with Gasteiger partial charge in [-0.2, -0.15) is 0 Å². The molecule has 2 nitrogen and oxygen atoms in total. The van der Waals surface area contributed by atoms with Crippen LogP contribution in [0, 0.1) is 10.8 Å². The highest BCUT2D eigenvalue weighted by Gasteiger charge is 2.65. The molecule has 0 bridgehead atoms. The Balaban J connectivity index is 1.84. The van der Waals surface area contributed by atoms with Gasteiger partial charge in [0.1, 0.15) is 5.75 Å². The zero-order chi connectivity index (χ0) is 13.8. The molecule has 19 heavy (non-hydrogen) atoms. The lowest BCUT2D eigenvalue weighted by atomic mass is 10.00. The number of ether oxygens (including phenoxy) is 1. The van der Waals surface area contributed by atoms with Crippen LogP contribution in [0.5, 0.6) is 5.75 Å². The minimum atomic E-state index is 0.373. The first-order chi connectivity index (χ1) is 8.84. The third-order valence-electron chi connectivity index (χ3n) is 5.40. The summed E-state index contributed by atoms with van der Waals surface area (Å²) in [4.78, 5) is 0. The first-order valence-corrected chi connectivity index (χ1v) is 7.81. The average molecular weight is 324 g/mol. The Labute approximate surface area is 124 Å². The number of hydrogen-bond donors (Lipinski definition) is 1. The van der Waals surface area contributed by atoms with Crippen LogP contribution in [0.2, 0.25) is 0 Å². The molecule has 2 aliphatic rings. The van der Waals surface area contributed by atoms with Gasteiger partial charge >= 0.3 is 0 Å². The van der Waals surface area contributed by atoms with Crippen molar-refractivity contribution in [1.82, 2.24) is 5.32 Å². The second kappa shape index (κ2) is 4.23. The fourth-order valence-corrected chi connectivity index (χ4v) is 3.73. The lowest BCUT2D eigenvalue weighted by Crippen LogP contribution is -2.31. The maximum Gasteiger partial charge on any atom is 0.124 e. The van der Waals surface area contributed by atoms with Crippen LogP contribution in [0.4, 0.5) is 0 Å². The van der Waals surface area contributed by atoms with Crippen LogP contribution in [0.15, 0.2) is 22.7 Å².